The average molecular weight is 454 g/mol. The molecule has 0 radical (unpaired) electrons. The standard InChI is InChI=1S/C28H27N3O3/c1-3-19-34-23-17-15-22(16-18-23)29-27(32)25-24(20-11-7-5-8-12-20)26(21-13-9-6-10-14-21)30-31(4-2)28(25)33/h5-18H,3-4,19H2,1-2H3,(H,29,32). The zero-order valence-corrected chi connectivity index (χ0v) is 19.3. The van der Waals surface area contributed by atoms with Crippen LogP contribution in [-0.4, -0.2) is 22.3 Å². The summed E-state index contributed by atoms with van der Waals surface area (Å²) in [5.41, 5.74) is 2.89. The number of ether oxygens (including phenoxy) is 1. The number of nitrogens with zero attached hydrogens (tertiary/aromatic N) is 2. The van der Waals surface area contributed by atoms with Crippen molar-refractivity contribution < 1.29 is 9.53 Å². The number of amides is 1. The highest BCUT2D eigenvalue weighted by Gasteiger charge is 2.25. The minimum Gasteiger partial charge on any atom is -0.494 e. The Morgan fingerprint density at radius 2 is 1.50 bits per heavy atom. The van der Waals surface area contributed by atoms with Crippen LogP contribution in [0.3, 0.4) is 0 Å². The monoisotopic (exact) mass is 453 g/mol. The van der Waals surface area contributed by atoms with Crippen LogP contribution in [0.5, 0.6) is 5.75 Å². The Morgan fingerprint density at radius 3 is 2.09 bits per heavy atom. The predicted octanol–water partition coefficient (Wildman–Crippen LogP) is 5.64. The summed E-state index contributed by atoms with van der Waals surface area (Å²) in [5, 5.41) is 7.52. The highest BCUT2D eigenvalue weighted by atomic mass is 16.5. The van der Waals surface area contributed by atoms with Gasteiger partial charge in [0.05, 0.1) is 12.3 Å². The predicted molar refractivity (Wildman–Crippen MR) is 135 cm³/mol. The summed E-state index contributed by atoms with van der Waals surface area (Å²) in [5.74, 6) is 0.251. The van der Waals surface area contributed by atoms with E-state index in [9.17, 15) is 9.59 Å². The van der Waals surface area contributed by atoms with E-state index in [2.05, 4.69) is 10.4 Å². The molecule has 34 heavy (non-hydrogen) atoms. The molecule has 0 atom stereocenters. The number of carbonyl (C=O) groups excluding carboxylic acids is 1. The Morgan fingerprint density at radius 1 is 0.882 bits per heavy atom. The van der Waals surface area contributed by atoms with Crippen molar-refractivity contribution in [1.82, 2.24) is 9.78 Å². The lowest BCUT2D eigenvalue weighted by Crippen LogP contribution is -2.32. The Labute approximate surface area is 198 Å². The van der Waals surface area contributed by atoms with Crippen LogP contribution in [0.4, 0.5) is 5.69 Å². The second kappa shape index (κ2) is 10.6. The quantitative estimate of drug-likeness (QED) is 0.375. The van der Waals surface area contributed by atoms with E-state index in [0.717, 1.165) is 23.3 Å². The van der Waals surface area contributed by atoms with Crippen LogP contribution in [0.2, 0.25) is 0 Å². The molecule has 3 aromatic carbocycles. The smallest absolute Gasteiger partial charge is 0.280 e. The Hall–Kier alpha value is -4.19. The molecule has 0 unspecified atom stereocenters. The lowest BCUT2D eigenvalue weighted by atomic mass is 9.95. The molecular weight excluding hydrogens is 426 g/mol. The number of aryl methyl sites for hydroxylation is 1. The molecule has 1 N–H and O–H groups in total. The largest absolute Gasteiger partial charge is 0.494 e. The second-order valence-electron chi connectivity index (χ2n) is 7.78. The van der Waals surface area contributed by atoms with Gasteiger partial charge in [0.15, 0.2) is 0 Å². The first-order valence-electron chi connectivity index (χ1n) is 11.4. The molecule has 0 aliphatic heterocycles. The highest BCUT2D eigenvalue weighted by molar-refractivity contribution is 6.10. The fourth-order valence-corrected chi connectivity index (χ4v) is 3.73. The molecule has 0 fully saturated rings. The zero-order valence-electron chi connectivity index (χ0n) is 19.3. The Kier molecular flexibility index (Phi) is 7.18. The van der Waals surface area contributed by atoms with E-state index < -0.39 is 11.5 Å². The number of nitrogens with one attached hydrogen (secondary N) is 1. The van der Waals surface area contributed by atoms with Crippen molar-refractivity contribution in [3.05, 3.63) is 101 Å². The topological polar surface area (TPSA) is 73.2 Å². The second-order valence-corrected chi connectivity index (χ2v) is 7.78. The van der Waals surface area contributed by atoms with Crippen molar-refractivity contribution in [3.8, 4) is 28.1 Å². The fraction of sp³-hybridized carbons (Fsp3) is 0.179. The molecular formula is C28H27N3O3. The highest BCUT2D eigenvalue weighted by Crippen LogP contribution is 2.32. The molecule has 6 heteroatoms. The molecule has 1 aromatic heterocycles. The number of hydrogen-bond acceptors (Lipinski definition) is 4. The van der Waals surface area contributed by atoms with Gasteiger partial charge in [-0.25, -0.2) is 4.68 Å². The lowest BCUT2D eigenvalue weighted by molar-refractivity contribution is 0.102. The van der Waals surface area contributed by atoms with Crippen LogP contribution >= 0.6 is 0 Å². The van der Waals surface area contributed by atoms with Gasteiger partial charge in [-0.15, -0.1) is 0 Å². The number of anilines is 1. The normalized spacial score (nSPS) is 10.6. The van der Waals surface area contributed by atoms with Crippen LogP contribution in [-0.2, 0) is 6.54 Å². The minimum atomic E-state index is -0.479. The summed E-state index contributed by atoms with van der Waals surface area (Å²) in [4.78, 5) is 27.0. The van der Waals surface area contributed by atoms with Gasteiger partial charge in [-0.2, -0.15) is 5.10 Å². The van der Waals surface area contributed by atoms with Gasteiger partial charge in [-0.05, 0) is 43.2 Å². The summed E-state index contributed by atoms with van der Waals surface area (Å²) in [6.07, 6.45) is 0.913. The first-order valence-corrected chi connectivity index (χ1v) is 11.4. The van der Waals surface area contributed by atoms with Crippen LogP contribution < -0.4 is 15.6 Å². The van der Waals surface area contributed by atoms with Gasteiger partial charge in [-0.1, -0.05) is 67.6 Å². The summed E-state index contributed by atoms with van der Waals surface area (Å²) >= 11 is 0. The first kappa shape index (κ1) is 23.0. The molecule has 1 amide bonds. The van der Waals surface area contributed by atoms with Crippen molar-refractivity contribution in [3.63, 3.8) is 0 Å². The van der Waals surface area contributed by atoms with Crippen LogP contribution in [0.15, 0.2) is 89.7 Å². The van der Waals surface area contributed by atoms with Crippen LogP contribution in [0.25, 0.3) is 22.4 Å². The van der Waals surface area contributed by atoms with Crippen molar-refractivity contribution in [2.75, 3.05) is 11.9 Å². The molecule has 6 nitrogen and oxygen atoms in total. The number of benzene rings is 3. The molecule has 172 valence electrons. The van der Waals surface area contributed by atoms with E-state index in [0.29, 0.717) is 30.1 Å². The molecule has 0 bridgehead atoms. The van der Waals surface area contributed by atoms with E-state index in [1.807, 2.05) is 74.5 Å². The summed E-state index contributed by atoms with van der Waals surface area (Å²) < 4.78 is 6.96. The van der Waals surface area contributed by atoms with Gasteiger partial charge in [0, 0.05) is 23.4 Å². The van der Waals surface area contributed by atoms with Gasteiger partial charge in [0.2, 0.25) is 0 Å². The number of aromatic nitrogens is 2. The third-order valence-corrected chi connectivity index (χ3v) is 5.38. The summed E-state index contributed by atoms with van der Waals surface area (Å²) in [6, 6.07) is 26.2. The van der Waals surface area contributed by atoms with Gasteiger partial charge in [0.25, 0.3) is 11.5 Å². The number of rotatable bonds is 8. The Bertz CT molecular complexity index is 1320. The number of hydrogen-bond donors (Lipinski definition) is 1. The average Bonchev–Trinajstić information content (AvgIpc) is 2.89. The first-order chi connectivity index (χ1) is 16.6. The lowest BCUT2D eigenvalue weighted by Gasteiger charge is -2.17. The SMILES string of the molecule is CCCOc1ccc(NC(=O)c2c(-c3ccccc3)c(-c3ccccc3)nn(CC)c2=O)cc1. The summed E-state index contributed by atoms with van der Waals surface area (Å²) in [7, 11) is 0. The van der Waals surface area contributed by atoms with Crippen molar-refractivity contribution in [1.29, 1.82) is 0 Å². The number of carbonyl (C=O) groups is 1. The van der Waals surface area contributed by atoms with E-state index >= 15 is 0 Å². The van der Waals surface area contributed by atoms with E-state index in [4.69, 9.17) is 4.74 Å². The molecule has 0 saturated heterocycles. The van der Waals surface area contributed by atoms with Gasteiger partial charge in [0.1, 0.15) is 11.3 Å². The van der Waals surface area contributed by atoms with Crippen LogP contribution in [0, 0.1) is 0 Å². The third-order valence-electron chi connectivity index (χ3n) is 5.38. The molecule has 0 saturated carbocycles. The van der Waals surface area contributed by atoms with E-state index in [1.165, 1.54) is 4.68 Å². The molecule has 0 aliphatic rings. The molecule has 1 heterocycles. The fourth-order valence-electron chi connectivity index (χ4n) is 3.73. The van der Waals surface area contributed by atoms with Gasteiger partial charge >= 0.3 is 0 Å². The van der Waals surface area contributed by atoms with Crippen molar-refractivity contribution in [2.24, 2.45) is 0 Å². The maximum absolute atomic E-state index is 13.6. The van der Waals surface area contributed by atoms with E-state index in [1.54, 1.807) is 24.3 Å². The molecule has 0 spiro atoms. The van der Waals surface area contributed by atoms with Crippen LogP contribution in [0.1, 0.15) is 30.6 Å². The van der Waals surface area contributed by atoms with Gasteiger partial charge in [-0.3, -0.25) is 9.59 Å². The third kappa shape index (κ3) is 4.91. The summed E-state index contributed by atoms with van der Waals surface area (Å²) in [6.45, 7) is 4.85. The molecule has 4 aromatic rings. The molecule has 0 aliphatic carbocycles. The van der Waals surface area contributed by atoms with E-state index in [-0.39, 0.29) is 5.56 Å². The minimum absolute atomic E-state index is 0.0632. The maximum atomic E-state index is 13.6. The maximum Gasteiger partial charge on any atom is 0.280 e. The molecule has 4 rings (SSSR count). The van der Waals surface area contributed by atoms with Crippen molar-refractivity contribution >= 4 is 11.6 Å². The van der Waals surface area contributed by atoms with Crippen molar-refractivity contribution in [2.45, 2.75) is 26.8 Å². The Balaban J connectivity index is 1.84. The van der Waals surface area contributed by atoms with Gasteiger partial charge < -0.3 is 10.1 Å². The zero-order chi connectivity index (χ0) is 23.9.